The summed E-state index contributed by atoms with van der Waals surface area (Å²) in [4.78, 5) is 10.4. The minimum absolute atomic E-state index is 0.114. The quantitative estimate of drug-likeness (QED) is 0.827. The number of carboxylic acids is 1. The smallest absolute Gasteiger partial charge is 0.446 e. The summed E-state index contributed by atoms with van der Waals surface area (Å²) in [7, 11) is 0. The van der Waals surface area contributed by atoms with Crippen LogP contribution in [0.15, 0.2) is 17.0 Å². The number of carboxylic acid groups (broad SMARTS) is 1. The van der Waals surface area contributed by atoms with Crippen molar-refractivity contribution in [2.24, 2.45) is 5.73 Å². The van der Waals surface area contributed by atoms with Crippen molar-refractivity contribution in [1.82, 2.24) is 0 Å². The average Bonchev–Trinajstić information content (AvgIpc) is 2.25. The van der Waals surface area contributed by atoms with Crippen LogP contribution in [0.5, 0.6) is 0 Å². The molecule has 0 aliphatic rings. The predicted octanol–water partition coefficient (Wildman–Crippen LogP) is 2.33. The van der Waals surface area contributed by atoms with Gasteiger partial charge in [-0.3, -0.25) is 0 Å². The molecule has 3 N–H and O–H groups in total. The van der Waals surface area contributed by atoms with Gasteiger partial charge in [0.25, 0.3) is 0 Å². The first-order valence-corrected chi connectivity index (χ1v) is 5.36. The molecule has 0 atom stereocenters. The van der Waals surface area contributed by atoms with E-state index in [2.05, 4.69) is 0 Å². The van der Waals surface area contributed by atoms with Gasteiger partial charge in [0.1, 0.15) is 6.07 Å². The molecule has 1 aromatic rings. The molecule has 0 spiro atoms. The zero-order valence-corrected chi connectivity index (χ0v) is 9.60. The van der Waals surface area contributed by atoms with Gasteiger partial charge in [-0.05, 0) is 29.5 Å². The highest BCUT2D eigenvalue weighted by Gasteiger charge is 2.32. The Labute approximate surface area is 104 Å². The van der Waals surface area contributed by atoms with Crippen LogP contribution in [0.2, 0.25) is 0 Å². The van der Waals surface area contributed by atoms with Gasteiger partial charge in [-0.15, -0.1) is 0 Å². The summed E-state index contributed by atoms with van der Waals surface area (Å²) in [6, 6.07) is 3.65. The molecule has 8 heteroatoms. The first-order chi connectivity index (χ1) is 8.28. The second-order valence-corrected chi connectivity index (χ2v) is 4.29. The van der Waals surface area contributed by atoms with Crippen LogP contribution in [0.3, 0.4) is 0 Å². The van der Waals surface area contributed by atoms with E-state index >= 15 is 0 Å². The minimum atomic E-state index is -4.60. The third kappa shape index (κ3) is 3.38. The fraction of sp³-hybridized carbons (Fsp3) is 0.200. The van der Waals surface area contributed by atoms with Gasteiger partial charge in [0.05, 0.1) is 11.1 Å². The number of halogens is 3. The number of benzene rings is 1. The SMILES string of the molecule is N#Cc1c(SC(F)(F)F)cc(CN)cc1C(=O)O. The molecule has 0 radical (unpaired) electrons. The first kappa shape index (κ1) is 14.3. The van der Waals surface area contributed by atoms with E-state index in [-0.39, 0.29) is 12.1 Å². The second kappa shape index (κ2) is 5.29. The lowest BCUT2D eigenvalue weighted by Crippen LogP contribution is -2.08. The third-order valence-electron chi connectivity index (χ3n) is 1.97. The number of nitrogens with zero attached hydrogens (tertiary/aromatic N) is 1. The van der Waals surface area contributed by atoms with Crippen LogP contribution in [0.1, 0.15) is 21.5 Å². The number of alkyl halides is 3. The molecule has 4 nitrogen and oxygen atoms in total. The molecule has 0 saturated heterocycles. The largest absolute Gasteiger partial charge is 0.478 e. The van der Waals surface area contributed by atoms with E-state index in [4.69, 9.17) is 16.1 Å². The summed E-state index contributed by atoms with van der Waals surface area (Å²) < 4.78 is 36.9. The van der Waals surface area contributed by atoms with Gasteiger partial charge in [0, 0.05) is 11.4 Å². The highest BCUT2D eigenvalue weighted by Crippen LogP contribution is 2.39. The number of carbonyl (C=O) groups is 1. The molecule has 0 unspecified atom stereocenters. The molecular weight excluding hydrogens is 269 g/mol. The zero-order chi connectivity index (χ0) is 13.9. The number of hydrogen-bond acceptors (Lipinski definition) is 4. The average molecular weight is 276 g/mol. The van der Waals surface area contributed by atoms with Crippen molar-refractivity contribution < 1.29 is 23.1 Å². The van der Waals surface area contributed by atoms with Gasteiger partial charge >= 0.3 is 11.5 Å². The Morgan fingerprint density at radius 2 is 2.11 bits per heavy atom. The molecule has 18 heavy (non-hydrogen) atoms. The molecular formula is C10H7F3N2O2S. The monoisotopic (exact) mass is 276 g/mol. The topological polar surface area (TPSA) is 87.1 Å². The van der Waals surface area contributed by atoms with E-state index in [0.29, 0.717) is 0 Å². The summed E-state index contributed by atoms with van der Waals surface area (Å²) in [5.74, 6) is -1.47. The second-order valence-electron chi connectivity index (χ2n) is 3.19. The first-order valence-electron chi connectivity index (χ1n) is 4.54. The molecule has 0 aliphatic carbocycles. The van der Waals surface area contributed by atoms with Gasteiger partial charge in [-0.2, -0.15) is 18.4 Å². The Hall–Kier alpha value is -1.72. The molecule has 96 valence electrons. The molecule has 0 aliphatic heterocycles. The number of thioether (sulfide) groups is 1. The van der Waals surface area contributed by atoms with Gasteiger partial charge in [-0.25, -0.2) is 4.79 Å². The minimum Gasteiger partial charge on any atom is -0.478 e. The van der Waals surface area contributed by atoms with Gasteiger partial charge in [-0.1, -0.05) is 0 Å². The van der Waals surface area contributed by atoms with Crippen molar-refractivity contribution in [2.45, 2.75) is 16.9 Å². The van der Waals surface area contributed by atoms with Crippen LogP contribution in [-0.4, -0.2) is 16.6 Å². The number of aromatic carboxylic acids is 1. The summed E-state index contributed by atoms with van der Waals surface area (Å²) in [6.07, 6.45) is 0. The number of rotatable bonds is 3. The molecule has 0 aromatic heterocycles. The third-order valence-corrected chi connectivity index (χ3v) is 2.74. The van der Waals surface area contributed by atoms with Crippen LogP contribution >= 0.6 is 11.8 Å². The number of nitriles is 1. The molecule has 0 heterocycles. The fourth-order valence-electron chi connectivity index (χ4n) is 1.28. The lowest BCUT2D eigenvalue weighted by atomic mass is 10.0. The summed E-state index contributed by atoms with van der Waals surface area (Å²) in [5.41, 5.74) is -0.0968. The van der Waals surface area contributed by atoms with Crippen LogP contribution in [0, 0.1) is 11.3 Å². The van der Waals surface area contributed by atoms with Gasteiger partial charge in [0.2, 0.25) is 0 Å². The molecule has 0 amide bonds. The predicted molar refractivity (Wildman–Crippen MR) is 57.9 cm³/mol. The highest BCUT2D eigenvalue weighted by atomic mass is 32.2. The van der Waals surface area contributed by atoms with E-state index in [0.717, 1.165) is 12.1 Å². The van der Waals surface area contributed by atoms with Crippen LogP contribution in [-0.2, 0) is 6.54 Å². The Morgan fingerprint density at radius 1 is 1.50 bits per heavy atom. The molecule has 0 fully saturated rings. The molecule has 0 bridgehead atoms. The Balaban J connectivity index is 3.44. The standard InChI is InChI=1S/C10H7F3N2O2S/c11-10(12,13)18-8-2-5(3-14)1-6(9(16)17)7(8)4-15/h1-2H,3,14H2,(H,16,17). The van der Waals surface area contributed by atoms with Crippen molar-refractivity contribution in [3.63, 3.8) is 0 Å². The summed E-state index contributed by atoms with van der Waals surface area (Å²) in [6.45, 7) is -0.114. The summed E-state index contributed by atoms with van der Waals surface area (Å²) >= 11 is -0.528. The van der Waals surface area contributed by atoms with Crippen LogP contribution in [0.25, 0.3) is 0 Å². The fourth-order valence-corrected chi connectivity index (χ4v) is 2.00. The maximum atomic E-state index is 12.3. The maximum Gasteiger partial charge on any atom is 0.446 e. The van der Waals surface area contributed by atoms with Crippen molar-refractivity contribution in [2.75, 3.05) is 0 Å². The zero-order valence-electron chi connectivity index (χ0n) is 8.78. The highest BCUT2D eigenvalue weighted by molar-refractivity contribution is 8.00. The number of hydrogen-bond donors (Lipinski definition) is 2. The van der Waals surface area contributed by atoms with Crippen molar-refractivity contribution in [3.8, 4) is 6.07 Å². The van der Waals surface area contributed by atoms with E-state index in [1.54, 1.807) is 0 Å². The molecule has 1 rings (SSSR count). The van der Waals surface area contributed by atoms with Crippen molar-refractivity contribution >= 4 is 17.7 Å². The molecule has 0 saturated carbocycles. The summed E-state index contributed by atoms with van der Waals surface area (Å²) in [5, 5.41) is 17.6. The Kier molecular flexibility index (Phi) is 4.21. The lowest BCUT2D eigenvalue weighted by molar-refractivity contribution is -0.0328. The van der Waals surface area contributed by atoms with E-state index < -0.39 is 39.3 Å². The van der Waals surface area contributed by atoms with Gasteiger partial charge in [0.15, 0.2) is 0 Å². The van der Waals surface area contributed by atoms with Crippen molar-refractivity contribution in [3.05, 3.63) is 28.8 Å². The Bertz CT molecular complexity index is 523. The molecule has 1 aromatic carbocycles. The van der Waals surface area contributed by atoms with E-state index in [1.165, 1.54) is 6.07 Å². The Morgan fingerprint density at radius 3 is 2.50 bits per heavy atom. The van der Waals surface area contributed by atoms with Crippen LogP contribution in [0.4, 0.5) is 13.2 Å². The number of nitrogens with two attached hydrogens (primary N) is 1. The van der Waals surface area contributed by atoms with E-state index in [9.17, 15) is 18.0 Å². The maximum absolute atomic E-state index is 12.3. The van der Waals surface area contributed by atoms with Crippen LogP contribution < -0.4 is 5.73 Å². The van der Waals surface area contributed by atoms with E-state index in [1.807, 2.05) is 0 Å². The lowest BCUT2D eigenvalue weighted by Gasteiger charge is -2.11. The van der Waals surface area contributed by atoms with Crippen molar-refractivity contribution in [1.29, 1.82) is 5.26 Å². The normalized spacial score (nSPS) is 11.1. The van der Waals surface area contributed by atoms with Gasteiger partial charge < -0.3 is 10.8 Å².